The predicted molar refractivity (Wildman–Crippen MR) is 64.8 cm³/mol. The molecule has 0 aliphatic heterocycles. The molecule has 0 atom stereocenters. The lowest BCUT2D eigenvalue weighted by molar-refractivity contribution is 0.608. The molecule has 0 radical (unpaired) electrons. The quantitative estimate of drug-likeness (QED) is 0.713. The van der Waals surface area contributed by atoms with Gasteiger partial charge in [-0.25, -0.2) is 0 Å². The number of aryl methyl sites for hydroxylation is 1. The zero-order valence-corrected chi connectivity index (χ0v) is 10.3. The van der Waals surface area contributed by atoms with E-state index in [0.717, 1.165) is 4.47 Å². The minimum absolute atomic E-state index is 0.516. The second kappa shape index (κ2) is 3.43. The number of nitrogens with zero attached hydrogens (tertiary/aromatic N) is 1. The van der Waals surface area contributed by atoms with Crippen molar-refractivity contribution in [3.8, 4) is 0 Å². The van der Waals surface area contributed by atoms with E-state index in [2.05, 4.69) is 65.5 Å². The summed E-state index contributed by atoms with van der Waals surface area (Å²) in [6.45, 7) is 6.59. The maximum Gasteiger partial charge on any atom is 0.0496 e. The predicted octanol–water partition coefficient (Wildman–Crippen LogP) is 4.29. The maximum absolute atomic E-state index is 3.51. The fourth-order valence-corrected chi connectivity index (χ4v) is 2.37. The first kappa shape index (κ1) is 9.78. The van der Waals surface area contributed by atoms with E-state index < -0.39 is 0 Å². The molecule has 1 heterocycles. The molecule has 2 aromatic rings. The Labute approximate surface area is 92.9 Å². The van der Waals surface area contributed by atoms with Crippen molar-refractivity contribution < 1.29 is 0 Å². The molecule has 0 unspecified atom stereocenters. The molecule has 0 amide bonds. The van der Waals surface area contributed by atoms with Crippen LogP contribution in [-0.4, -0.2) is 4.57 Å². The fraction of sp³-hybridized carbons (Fsp3) is 0.333. The Hall–Kier alpha value is -0.760. The third-order valence-corrected chi connectivity index (χ3v) is 3.01. The molecule has 0 N–H and O–H groups in total. The lowest BCUT2D eigenvalue weighted by atomic mass is 10.2. The van der Waals surface area contributed by atoms with Crippen molar-refractivity contribution in [3.05, 3.63) is 34.4 Å². The first-order valence-electron chi connectivity index (χ1n) is 4.86. The van der Waals surface area contributed by atoms with Crippen LogP contribution in [0.5, 0.6) is 0 Å². The minimum atomic E-state index is 0.516. The monoisotopic (exact) mass is 251 g/mol. The standard InChI is InChI=1S/C12H14BrN/c1-8(2)14-9(3)6-10-4-5-11(13)7-12(10)14/h4-8H,1-3H3. The van der Waals surface area contributed by atoms with Gasteiger partial charge in [-0.2, -0.15) is 0 Å². The van der Waals surface area contributed by atoms with Gasteiger partial charge < -0.3 is 4.57 Å². The lowest BCUT2D eigenvalue weighted by Gasteiger charge is -2.12. The highest BCUT2D eigenvalue weighted by Crippen LogP contribution is 2.26. The first-order chi connectivity index (χ1) is 6.59. The molecule has 0 spiro atoms. The van der Waals surface area contributed by atoms with Gasteiger partial charge in [0.2, 0.25) is 0 Å². The summed E-state index contributed by atoms with van der Waals surface area (Å²) in [4.78, 5) is 0. The molecule has 0 saturated heterocycles. The number of hydrogen-bond donors (Lipinski definition) is 0. The summed E-state index contributed by atoms with van der Waals surface area (Å²) < 4.78 is 3.50. The van der Waals surface area contributed by atoms with Crippen molar-refractivity contribution in [2.75, 3.05) is 0 Å². The smallest absolute Gasteiger partial charge is 0.0496 e. The van der Waals surface area contributed by atoms with Gasteiger partial charge in [-0.3, -0.25) is 0 Å². The van der Waals surface area contributed by atoms with Gasteiger partial charge in [0.1, 0.15) is 0 Å². The van der Waals surface area contributed by atoms with Crippen molar-refractivity contribution in [3.63, 3.8) is 0 Å². The lowest BCUT2D eigenvalue weighted by Crippen LogP contribution is -2.01. The Balaban J connectivity index is 2.79. The summed E-state index contributed by atoms with van der Waals surface area (Å²) in [5.41, 5.74) is 2.64. The van der Waals surface area contributed by atoms with Crippen LogP contribution in [0, 0.1) is 6.92 Å². The molecule has 1 aromatic heterocycles. The number of hydrogen-bond acceptors (Lipinski definition) is 0. The van der Waals surface area contributed by atoms with Crippen molar-refractivity contribution in [1.82, 2.24) is 4.57 Å². The fourth-order valence-electron chi connectivity index (χ4n) is 2.02. The average Bonchev–Trinajstić information content (AvgIpc) is 2.40. The van der Waals surface area contributed by atoms with Gasteiger partial charge in [0, 0.05) is 21.7 Å². The van der Waals surface area contributed by atoms with Crippen LogP contribution >= 0.6 is 15.9 Å². The van der Waals surface area contributed by atoms with Crippen molar-refractivity contribution >= 4 is 26.8 Å². The van der Waals surface area contributed by atoms with E-state index in [9.17, 15) is 0 Å². The summed E-state index contributed by atoms with van der Waals surface area (Å²) >= 11 is 3.51. The summed E-state index contributed by atoms with van der Waals surface area (Å²) in [6, 6.07) is 9.18. The Bertz CT molecular complexity index is 468. The SMILES string of the molecule is Cc1cc2ccc(Br)cc2n1C(C)C. The number of fused-ring (bicyclic) bond motifs is 1. The molecule has 0 fully saturated rings. The maximum atomic E-state index is 3.51. The van der Waals surface area contributed by atoms with Crippen LogP contribution < -0.4 is 0 Å². The van der Waals surface area contributed by atoms with Gasteiger partial charge in [0.25, 0.3) is 0 Å². The number of aromatic nitrogens is 1. The van der Waals surface area contributed by atoms with Gasteiger partial charge in [-0.1, -0.05) is 22.0 Å². The van der Waals surface area contributed by atoms with Crippen molar-refractivity contribution in [2.24, 2.45) is 0 Å². The highest BCUT2D eigenvalue weighted by atomic mass is 79.9. The second-order valence-electron chi connectivity index (χ2n) is 3.95. The topological polar surface area (TPSA) is 4.93 Å². The summed E-state index contributed by atoms with van der Waals surface area (Å²) in [5.74, 6) is 0. The Morgan fingerprint density at radius 1 is 1.21 bits per heavy atom. The second-order valence-corrected chi connectivity index (χ2v) is 4.87. The first-order valence-corrected chi connectivity index (χ1v) is 5.66. The van der Waals surface area contributed by atoms with Crippen LogP contribution in [0.15, 0.2) is 28.7 Å². The minimum Gasteiger partial charge on any atom is -0.342 e. The average molecular weight is 252 g/mol. The summed E-state index contributed by atoms with van der Waals surface area (Å²) in [5, 5.41) is 1.32. The molecule has 0 saturated carbocycles. The normalized spacial score (nSPS) is 11.5. The number of rotatable bonds is 1. The van der Waals surface area contributed by atoms with E-state index in [0.29, 0.717) is 6.04 Å². The van der Waals surface area contributed by atoms with Crippen molar-refractivity contribution in [1.29, 1.82) is 0 Å². The largest absolute Gasteiger partial charge is 0.342 e. The summed E-state index contributed by atoms with van der Waals surface area (Å²) in [7, 11) is 0. The van der Waals surface area contributed by atoms with E-state index >= 15 is 0 Å². The Morgan fingerprint density at radius 2 is 1.93 bits per heavy atom. The van der Waals surface area contributed by atoms with Gasteiger partial charge in [-0.05, 0) is 44.4 Å². The third-order valence-electron chi connectivity index (χ3n) is 2.51. The molecule has 1 nitrogen and oxygen atoms in total. The molecular weight excluding hydrogens is 238 g/mol. The van der Waals surface area contributed by atoms with Gasteiger partial charge in [0.15, 0.2) is 0 Å². The highest BCUT2D eigenvalue weighted by Gasteiger charge is 2.07. The zero-order valence-electron chi connectivity index (χ0n) is 8.71. The molecule has 14 heavy (non-hydrogen) atoms. The Morgan fingerprint density at radius 3 is 2.57 bits per heavy atom. The van der Waals surface area contributed by atoms with E-state index in [-0.39, 0.29) is 0 Å². The number of benzene rings is 1. The molecule has 2 heteroatoms. The van der Waals surface area contributed by atoms with Crippen LogP contribution in [0.1, 0.15) is 25.6 Å². The van der Waals surface area contributed by atoms with Gasteiger partial charge >= 0.3 is 0 Å². The van der Waals surface area contributed by atoms with E-state index in [1.54, 1.807) is 0 Å². The molecule has 74 valence electrons. The molecule has 0 bridgehead atoms. The van der Waals surface area contributed by atoms with Crippen LogP contribution in [0.25, 0.3) is 10.9 Å². The third kappa shape index (κ3) is 1.48. The summed E-state index contributed by atoms with van der Waals surface area (Å²) in [6.07, 6.45) is 0. The van der Waals surface area contributed by atoms with Gasteiger partial charge in [-0.15, -0.1) is 0 Å². The zero-order chi connectivity index (χ0) is 10.3. The molecule has 1 aromatic carbocycles. The van der Waals surface area contributed by atoms with Crippen LogP contribution in [-0.2, 0) is 0 Å². The molecule has 0 aliphatic rings. The molecule has 0 aliphatic carbocycles. The Kier molecular flexibility index (Phi) is 2.40. The molecular formula is C12H14BrN. The van der Waals surface area contributed by atoms with E-state index in [4.69, 9.17) is 0 Å². The highest BCUT2D eigenvalue weighted by molar-refractivity contribution is 9.10. The van der Waals surface area contributed by atoms with Crippen LogP contribution in [0.2, 0.25) is 0 Å². The van der Waals surface area contributed by atoms with E-state index in [1.165, 1.54) is 16.6 Å². The van der Waals surface area contributed by atoms with Crippen LogP contribution in [0.4, 0.5) is 0 Å². The number of halogens is 1. The molecule has 2 rings (SSSR count). The van der Waals surface area contributed by atoms with Crippen molar-refractivity contribution in [2.45, 2.75) is 26.8 Å². The van der Waals surface area contributed by atoms with Gasteiger partial charge in [0.05, 0.1) is 0 Å². The van der Waals surface area contributed by atoms with Crippen LogP contribution in [0.3, 0.4) is 0 Å². The van der Waals surface area contributed by atoms with E-state index in [1.807, 2.05) is 0 Å².